The van der Waals surface area contributed by atoms with Crippen LogP contribution in [0.1, 0.15) is 46.9 Å². The van der Waals surface area contributed by atoms with Gasteiger partial charge in [-0.2, -0.15) is 0 Å². The molecule has 8 nitrogen and oxygen atoms in total. The molecule has 1 aliphatic carbocycles. The Morgan fingerprint density at radius 2 is 1.79 bits per heavy atom. The summed E-state index contributed by atoms with van der Waals surface area (Å²) in [5.74, 6) is 0.137. The number of primary amides is 1. The Bertz CT molecular complexity index is 1440. The molecule has 0 spiro atoms. The number of carbonyl (C=O) groups excluding carboxylic acids is 2. The molecule has 8 heteroatoms. The number of benzene rings is 2. The van der Waals surface area contributed by atoms with Crippen LogP contribution in [0.25, 0.3) is 22.3 Å². The molecule has 0 unspecified atom stereocenters. The van der Waals surface area contributed by atoms with Gasteiger partial charge in [0, 0.05) is 55.7 Å². The molecule has 1 aromatic heterocycles. The minimum atomic E-state index is -0.521. The van der Waals surface area contributed by atoms with Gasteiger partial charge >= 0.3 is 6.03 Å². The average Bonchev–Trinajstić information content (AvgIpc) is 3.33. The third kappa shape index (κ3) is 4.74. The fourth-order valence-corrected chi connectivity index (χ4v) is 6.10. The number of piperidine rings is 1. The number of ether oxygens (including phenoxy) is 1. The Kier molecular flexibility index (Phi) is 6.73. The first-order chi connectivity index (χ1) is 18.9. The van der Waals surface area contributed by atoms with Crippen molar-refractivity contribution in [3.05, 3.63) is 65.0 Å². The van der Waals surface area contributed by atoms with Crippen molar-refractivity contribution in [2.24, 2.45) is 11.7 Å². The highest BCUT2D eigenvalue weighted by molar-refractivity contribution is 6.01. The Hall–Kier alpha value is -3.91. The van der Waals surface area contributed by atoms with Crippen molar-refractivity contribution < 1.29 is 14.3 Å². The van der Waals surface area contributed by atoms with Gasteiger partial charge in [-0.3, -0.25) is 9.78 Å². The van der Waals surface area contributed by atoms with Crippen molar-refractivity contribution in [2.45, 2.75) is 33.1 Å². The van der Waals surface area contributed by atoms with E-state index in [4.69, 9.17) is 10.5 Å². The summed E-state index contributed by atoms with van der Waals surface area (Å²) < 4.78 is 5.52. The van der Waals surface area contributed by atoms with E-state index in [0.717, 1.165) is 103 Å². The molecule has 2 aliphatic heterocycles. The van der Waals surface area contributed by atoms with Crippen molar-refractivity contribution in [3.8, 4) is 22.3 Å². The van der Waals surface area contributed by atoms with Gasteiger partial charge in [-0.05, 0) is 77.3 Å². The number of rotatable bonds is 4. The highest BCUT2D eigenvalue weighted by Crippen LogP contribution is 2.46. The molecule has 3 heterocycles. The molecule has 6 rings (SSSR count). The summed E-state index contributed by atoms with van der Waals surface area (Å²) in [5, 5.41) is 3.14. The van der Waals surface area contributed by atoms with Gasteiger partial charge in [0.05, 0.1) is 13.2 Å². The normalized spacial score (nSPS) is 17.1. The molecular formula is C31H35N5O3. The van der Waals surface area contributed by atoms with E-state index in [-0.39, 0.29) is 6.03 Å². The molecular weight excluding hydrogens is 490 g/mol. The van der Waals surface area contributed by atoms with E-state index < -0.39 is 5.91 Å². The molecule has 3 aliphatic rings. The van der Waals surface area contributed by atoms with Gasteiger partial charge in [0.1, 0.15) is 5.69 Å². The first-order valence-electron chi connectivity index (χ1n) is 13.8. The smallest absolute Gasteiger partial charge is 0.321 e. The molecule has 3 N–H and O–H groups in total. The Labute approximate surface area is 229 Å². The SMILES string of the molecule is Cc1c(NC(=O)N2CCC(C)CC2)cccc1-c1cnc(C(N)=O)c2c1-c1ccc(N3CCOCC3)cc1C2. The number of fused-ring (bicyclic) bond motifs is 3. The van der Waals surface area contributed by atoms with Gasteiger partial charge in [0.25, 0.3) is 5.91 Å². The molecule has 0 saturated carbocycles. The molecule has 39 heavy (non-hydrogen) atoms. The number of nitrogens with one attached hydrogen (secondary N) is 1. The van der Waals surface area contributed by atoms with Crippen LogP contribution in [-0.4, -0.2) is 61.2 Å². The first kappa shape index (κ1) is 25.4. The van der Waals surface area contributed by atoms with E-state index in [1.165, 1.54) is 0 Å². The highest BCUT2D eigenvalue weighted by Gasteiger charge is 2.29. The van der Waals surface area contributed by atoms with Crippen LogP contribution >= 0.6 is 0 Å². The van der Waals surface area contributed by atoms with Crippen molar-refractivity contribution in [3.63, 3.8) is 0 Å². The monoisotopic (exact) mass is 525 g/mol. The van der Waals surface area contributed by atoms with Crippen molar-refractivity contribution >= 4 is 23.3 Å². The topological polar surface area (TPSA) is 101 Å². The molecule has 202 valence electrons. The Balaban J connectivity index is 1.37. The number of hydrogen-bond acceptors (Lipinski definition) is 5. The van der Waals surface area contributed by atoms with Crippen LogP contribution in [0.2, 0.25) is 0 Å². The molecule has 3 aromatic rings. The summed E-state index contributed by atoms with van der Waals surface area (Å²) in [5.41, 5.74) is 15.0. The van der Waals surface area contributed by atoms with Crippen LogP contribution in [-0.2, 0) is 11.2 Å². The van der Waals surface area contributed by atoms with E-state index in [1.54, 1.807) is 6.20 Å². The summed E-state index contributed by atoms with van der Waals surface area (Å²) in [6, 6.07) is 12.4. The Morgan fingerprint density at radius 3 is 2.54 bits per heavy atom. The van der Waals surface area contributed by atoms with Crippen LogP contribution in [0, 0.1) is 12.8 Å². The number of pyridine rings is 1. The van der Waals surface area contributed by atoms with Gasteiger partial charge < -0.3 is 25.6 Å². The second kappa shape index (κ2) is 10.3. The van der Waals surface area contributed by atoms with Crippen LogP contribution in [0.5, 0.6) is 0 Å². The lowest BCUT2D eigenvalue weighted by Gasteiger charge is -2.30. The minimum Gasteiger partial charge on any atom is -0.378 e. The number of amides is 3. The van der Waals surface area contributed by atoms with Crippen molar-refractivity contribution in [1.82, 2.24) is 9.88 Å². The number of likely N-dealkylation sites (tertiary alicyclic amines) is 1. The zero-order valence-corrected chi connectivity index (χ0v) is 22.6. The lowest BCUT2D eigenvalue weighted by Crippen LogP contribution is -2.40. The lowest BCUT2D eigenvalue weighted by molar-refractivity contribution is 0.0995. The molecule has 0 radical (unpaired) electrons. The number of nitrogens with zero attached hydrogens (tertiary/aromatic N) is 3. The van der Waals surface area contributed by atoms with Crippen LogP contribution < -0.4 is 16.0 Å². The maximum atomic E-state index is 13.0. The van der Waals surface area contributed by atoms with Crippen molar-refractivity contribution in [1.29, 1.82) is 0 Å². The molecule has 0 bridgehead atoms. The highest BCUT2D eigenvalue weighted by atomic mass is 16.5. The van der Waals surface area contributed by atoms with Crippen molar-refractivity contribution in [2.75, 3.05) is 49.6 Å². The van der Waals surface area contributed by atoms with Gasteiger partial charge in [-0.15, -0.1) is 0 Å². The van der Waals surface area contributed by atoms with Crippen LogP contribution in [0.4, 0.5) is 16.2 Å². The number of hydrogen-bond donors (Lipinski definition) is 2. The maximum Gasteiger partial charge on any atom is 0.321 e. The lowest BCUT2D eigenvalue weighted by atomic mass is 9.92. The molecule has 2 aromatic carbocycles. The van der Waals surface area contributed by atoms with E-state index in [0.29, 0.717) is 18.0 Å². The van der Waals surface area contributed by atoms with E-state index in [9.17, 15) is 9.59 Å². The molecule has 3 amide bonds. The fraction of sp³-hybridized carbons (Fsp3) is 0.387. The number of carbonyl (C=O) groups is 2. The third-order valence-electron chi connectivity index (χ3n) is 8.45. The molecule has 0 atom stereocenters. The standard InChI is InChI=1S/C31H35N5O3/c1-19-8-10-36(11-9-19)31(38)34-27-5-3-4-23(20(27)2)26-18-33-29(30(32)37)25-17-21-16-22(6-7-24(21)28(25)26)35-12-14-39-15-13-35/h3-7,16,18-19H,8-15,17H2,1-2H3,(H2,32,37)(H,34,38). The number of nitrogens with two attached hydrogens (primary N) is 1. The zero-order chi connectivity index (χ0) is 27.1. The summed E-state index contributed by atoms with van der Waals surface area (Å²) >= 11 is 0. The van der Waals surface area contributed by atoms with Gasteiger partial charge in [0.2, 0.25) is 0 Å². The fourth-order valence-electron chi connectivity index (χ4n) is 6.10. The number of aromatic nitrogens is 1. The summed E-state index contributed by atoms with van der Waals surface area (Å²) in [6.07, 6.45) is 4.42. The van der Waals surface area contributed by atoms with E-state index >= 15 is 0 Å². The second-order valence-electron chi connectivity index (χ2n) is 10.9. The maximum absolute atomic E-state index is 13.0. The quantitative estimate of drug-likeness (QED) is 0.398. The Morgan fingerprint density at radius 1 is 1.03 bits per heavy atom. The van der Waals surface area contributed by atoms with Gasteiger partial charge in [0.15, 0.2) is 0 Å². The minimum absolute atomic E-state index is 0.0597. The predicted octanol–water partition coefficient (Wildman–Crippen LogP) is 4.83. The molecule has 2 fully saturated rings. The number of urea groups is 1. The largest absolute Gasteiger partial charge is 0.378 e. The van der Waals surface area contributed by atoms with E-state index in [1.807, 2.05) is 24.0 Å². The number of morpholine rings is 1. The van der Waals surface area contributed by atoms with Crippen LogP contribution in [0.3, 0.4) is 0 Å². The summed E-state index contributed by atoms with van der Waals surface area (Å²) in [4.78, 5) is 34.2. The summed E-state index contributed by atoms with van der Waals surface area (Å²) in [6.45, 7) is 8.98. The first-order valence-corrected chi connectivity index (χ1v) is 13.8. The zero-order valence-electron chi connectivity index (χ0n) is 22.6. The van der Waals surface area contributed by atoms with Gasteiger partial charge in [-0.25, -0.2) is 4.79 Å². The average molecular weight is 526 g/mol. The predicted molar refractivity (Wildman–Crippen MR) is 153 cm³/mol. The van der Waals surface area contributed by atoms with E-state index in [2.05, 4.69) is 46.4 Å². The third-order valence-corrected chi connectivity index (χ3v) is 8.45. The summed E-state index contributed by atoms with van der Waals surface area (Å²) in [7, 11) is 0. The van der Waals surface area contributed by atoms with Crippen LogP contribution in [0.15, 0.2) is 42.6 Å². The second-order valence-corrected chi connectivity index (χ2v) is 10.9. The van der Waals surface area contributed by atoms with Gasteiger partial charge in [-0.1, -0.05) is 25.1 Å². The molecule has 2 saturated heterocycles. The number of anilines is 2.